The van der Waals surface area contributed by atoms with Crippen LogP contribution in [0.2, 0.25) is 0 Å². The van der Waals surface area contributed by atoms with E-state index in [1.165, 1.54) is 7.11 Å². The Hall–Kier alpha value is -2.45. The molecule has 0 atom stereocenters. The number of alkyl carbamates (subject to hydrolysis) is 1. The zero-order valence-corrected chi connectivity index (χ0v) is 19.5. The topological polar surface area (TPSA) is 80.8 Å². The highest BCUT2D eigenvalue weighted by Gasteiger charge is 2.22. The van der Waals surface area contributed by atoms with Crippen LogP contribution < -0.4 is 5.32 Å². The third kappa shape index (κ3) is 7.04. The van der Waals surface area contributed by atoms with Gasteiger partial charge in [-0.3, -0.25) is 4.90 Å². The Balaban J connectivity index is 1.45. The fourth-order valence-corrected chi connectivity index (χ4v) is 4.32. The van der Waals surface area contributed by atoms with Crippen molar-refractivity contribution in [2.24, 2.45) is 5.92 Å². The van der Waals surface area contributed by atoms with Crippen molar-refractivity contribution < 1.29 is 19.1 Å². The Morgan fingerprint density at radius 3 is 2.48 bits per heavy atom. The number of nitrogens with zero attached hydrogens (tertiary/aromatic N) is 2. The average molecular weight is 446 g/mol. The van der Waals surface area contributed by atoms with Crippen LogP contribution in [0.4, 0.5) is 4.79 Å². The van der Waals surface area contributed by atoms with E-state index < -0.39 is 5.60 Å². The Kier molecular flexibility index (Phi) is 7.67. The lowest BCUT2D eigenvalue weighted by Gasteiger charge is -2.31. The summed E-state index contributed by atoms with van der Waals surface area (Å²) in [7, 11) is 1.38. The number of esters is 1. The molecule has 2 aromatic rings. The van der Waals surface area contributed by atoms with E-state index in [-0.39, 0.29) is 12.1 Å². The number of hydrogen-bond donors (Lipinski definition) is 1. The maximum atomic E-state index is 11.8. The highest BCUT2D eigenvalue weighted by Crippen LogP contribution is 2.26. The summed E-state index contributed by atoms with van der Waals surface area (Å²) in [6, 6.07) is 7.33. The summed E-state index contributed by atoms with van der Waals surface area (Å²) in [5.41, 5.74) is 2.12. The zero-order valence-electron chi connectivity index (χ0n) is 18.6. The molecule has 0 bridgehead atoms. The number of likely N-dealkylation sites (tertiary alicyclic amines) is 1. The first-order valence-electron chi connectivity index (χ1n) is 10.6. The molecule has 1 saturated heterocycles. The van der Waals surface area contributed by atoms with Crippen LogP contribution in [0.15, 0.2) is 29.6 Å². The lowest BCUT2D eigenvalue weighted by molar-refractivity contribution is 0.0508. The number of hydrogen-bond acceptors (Lipinski definition) is 7. The van der Waals surface area contributed by atoms with Crippen LogP contribution in [-0.4, -0.2) is 54.3 Å². The zero-order chi connectivity index (χ0) is 22.4. The van der Waals surface area contributed by atoms with Gasteiger partial charge in [-0.15, -0.1) is 11.3 Å². The molecular weight excluding hydrogens is 414 g/mol. The molecule has 1 N–H and O–H groups in total. The predicted molar refractivity (Wildman–Crippen MR) is 121 cm³/mol. The third-order valence-electron chi connectivity index (χ3n) is 5.13. The molecule has 0 unspecified atom stereocenters. The first-order chi connectivity index (χ1) is 14.7. The van der Waals surface area contributed by atoms with Crippen molar-refractivity contribution >= 4 is 23.4 Å². The molecule has 2 heterocycles. The quantitative estimate of drug-likeness (QED) is 0.667. The van der Waals surface area contributed by atoms with E-state index in [9.17, 15) is 9.59 Å². The maximum Gasteiger partial charge on any atom is 0.407 e. The fraction of sp³-hybridized carbons (Fsp3) is 0.522. The number of piperidine rings is 1. The number of ether oxygens (including phenoxy) is 2. The van der Waals surface area contributed by atoms with E-state index in [1.54, 1.807) is 23.5 Å². The Morgan fingerprint density at radius 1 is 1.19 bits per heavy atom. The number of benzene rings is 1. The second-order valence-corrected chi connectivity index (χ2v) is 9.67. The number of aromatic nitrogens is 1. The number of carbonyl (C=O) groups excluding carboxylic acids is 2. The van der Waals surface area contributed by atoms with Crippen molar-refractivity contribution in [2.75, 3.05) is 26.7 Å². The van der Waals surface area contributed by atoms with Crippen molar-refractivity contribution in [3.63, 3.8) is 0 Å². The molecule has 168 valence electrons. The average Bonchev–Trinajstić information content (AvgIpc) is 3.20. The summed E-state index contributed by atoms with van der Waals surface area (Å²) in [6.07, 6.45) is 1.74. The number of methoxy groups -OCH3 is 1. The summed E-state index contributed by atoms with van der Waals surface area (Å²) in [6.45, 7) is 9.06. The smallest absolute Gasteiger partial charge is 0.407 e. The van der Waals surface area contributed by atoms with E-state index in [4.69, 9.17) is 14.5 Å². The molecule has 1 aliphatic heterocycles. The molecule has 1 amide bonds. The second-order valence-electron chi connectivity index (χ2n) is 8.82. The van der Waals surface area contributed by atoms with E-state index >= 15 is 0 Å². The largest absolute Gasteiger partial charge is 0.465 e. The number of carbonyl (C=O) groups is 2. The first-order valence-corrected chi connectivity index (χ1v) is 11.4. The molecule has 0 saturated carbocycles. The van der Waals surface area contributed by atoms with E-state index in [0.29, 0.717) is 18.0 Å². The first kappa shape index (κ1) is 23.2. The lowest BCUT2D eigenvalue weighted by Crippen LogP contribution is -2.40. The van der Waals surface area contributed by atoms with Gasteiger partial charge in [0.05, 0.1) is 18.4 Å². The number of nitrogens with one attached hydrogen (secondary N) is 1. The van der Waals surface area contributed by atoms with Crippen LogP contribution in [0, 0.1) is 5.92 Å². The summed E-state index contributed by atoms with van der Waals surface area (Å²) in [4.78, 5) is 30.6. The molecule has 1 fully saturated rings. The van der Waals surface area contributed by atoms with Crippen LogP contribution in [0.5, 0.6) is 0 Å². The molecule has 0 spiro atoms. The van der Waals surface area contributed by atoms with Crippen molar-refractivity contribution in [3.05, 3.63) is 40.9 Å². The Morgan fingerprint density at radius 2 is 1.87 bits per heavy atom. The van der Waals surface area contributed by atoms with Gasteiger partial charge in [-0.2, -0.15) is 0 Å². The van der Waals surface area contributed by atoms with Gasteiger partial charge in [0.2, 0.25) is 0 Å². The van der Waals surface area contributed by atoms with Gasteiger partial charge < -0.3 is 14.8 Å². The number of amides is 1. The van der Waals surface area contributed by atoms with Crippen LogP contribution in [-0.2, 0) is 16.0 Å². The number of rotatable bonds is 6. The van der Waals surface area contributed by atoms with Gasteiger partial charge in [0.1, 0.15) is 10.6 Å². The standard InChI is InChI=1S/C23H31N3O4S/c1-23(2,3)30-22(28)24-13-16-9-11-26(12-10-16)14-19-15-31-20(25-19)17-5-7-18(8-6-17)21(27)29-4/h5-8,15-16H,9-14H2,1-4H3,(H,24,28). The van der Waals surface area contributed by atoms with Crippen LogP contribution in [0.25, 0.3) is 10.6 Å². The molecular formula is C23H31N3O4S. The molecule has 1 aliphatic rings. The Labute approximate surface area is 187 Å². The maximum absolute atomic E-state index is 11.8. The SMILES string of the molecule is COC(=O)c1ccc(-c2nc(CN3CCC(CNC(=O)OC(C)(C)C)CC3)cs2)cc1. The van der Waals surface area contributed by atoms with Gasteiger partial charge >= 0.3 is 12.1 Å². The molecule has 1 aromatic carbocycles. The molecule has 0 aliphatic carbocycles. The highest BCUT2D eigenvalue weighted by molar-refractivity contribution is 7.13. The van der Waals surface area contributed by atoms with Gasteiger partial charge in [0.15, 0.2) is 0 Å². The molecule has 1 aromatic heterocycles. The fourth-order valence-electron chi connectivity index (χ4n) is 3.50. The van der Waals surface area contributed by atoms with Gasteiger partial charge in [0.25, 0.3) is 0 Å². The van der Waals surface area contributed by atoms with Crippen molar-refractivity contribution in [1.82, 2.24) is 15.2 Å². The van der Waals surface area contributed by atoms with Gasteiger partial charge in [-0.25, -0.2) is 14.6 Å². The summed E-state index contributed by atoms with van der Waals surface area (Å²) in [5, 5.41) is 5.93. The predicted octanol–water partition coefficient (Wildman–Crippen LogP) is 4.33. The number of thiazole rings is 1. The molecule has 31 heavy (non-hydrogen) atoms. The molecule has 8 heteroatoms. The van der Waals surface area contributed by atoms with E-state index in [0.717, 1.165) is 48.7 Å². The molecule has 3 rings (SSSR count). The molecule has 7 nitrogen and oxygen atoms in total. The van der Waals surface area contributed by atoms with Crippen molar-refractivity contribution in [1.29, 1.82) is 0 Å². The van der Waals surface area contributed by atoms with Crippen LogP contribution >= 0.6 is 11.3 Å². The summed E-state index contributed by atoms with van der Waals surface area (Å²) < 4.78 is 10.0. The van der Waals surface area contributed by atoms with Crippen molar-refractivity contribution in [2.45, 2.75) is 45.8 Å². The normalized spacial score (nSPS) is 15.5. The Bertz CT molecular complexity index is 881. The van der Waals surface area contributed by atoms with Crippen LogP contribution in [0.3, 0.4) is 0 Å². The van der Waals surface area contributed by atoms with Crippen LogP contribution in [0.1, 0.15) is 49.7 Å². The summed E-state index contributed by atoms with van der Waals surface area (Å²) >= 11 is 1.61. The third-order valence-corrected chi connectivity index (χ3v) is 6.07. The monoisotopic (exact) mass is 445 g/mol. The van der Waals surface area contributed by atoms with E-state index in [2.05, 4.69) is 15.6 Å². The van der Waals surface area contributed by atoms with Gasteiger partial charge in [-0.05, 0) is 64.8 Å². The van der Waals surface area contributed by atoms with E-state index in [1.807, 2.05) is 32.9 Å². The highest BCUT2D eigenvalue weighted by atomic mass is 32.1. The molecule has 0 radical (unpaired) electrons. The van der Waals surface area contributed by atoms with Crippen molar-refractivity contribution in [3.8, 4) is 10.6 Å². The van der Waals surface area contributed by atoms with Gasteiger partial charge in [0, 0.05) is 24.0 Å². The summed E-state index contributed by atoms with van der Waals surface area (Å²) in [5.74, 6) is 0.138. The lowest BCUT2D eigenvalue weighted by atomic mass is 9.97. The minimum atomic E-state index is -0.469. The minimum Gasteiger partial charge on any atom is -0.465 e. The minimum absolute atomic E-state index is 0.337. The second kappa shape index (κ2) is 10.2. The van der Waals surface area contributed by atoms with Gasteiger partial charge in [-0.1, -0.05) is 12.1 Å².